The third-order valence-electron chi connectivity index (χ3n) is 4.48. The van der Waals surface area contributed by atoms with Crippen LogP contribution in [0.5, 0.6) is 5.75 Å². The Hall–Kier alpha value is -3.08. The highest BCUT2D eigenvalue weighted by atomic mass is 16.5. The number of ether oxygens (including phenoxy) is 1. The van der Waals surface area contributed by atoms with Crippen LogP contribution in [0, 0.1) is 0 Å². The van der Waals surface area contributed by atoms with E-state index in [1.807, 2.05) is 43.3 Å². The molecule has 5 nitrogen and oxygen atoms in total. The van der Waals surface area contributed by atoms with Crippen LogP contribution in [0.3, 0.4) is 0 Å². The van der Waals surface area contributed by atoms with Crippen molar-refractivity contribution in [2.45, 2.75) is 32.9 Å². The molecule has 0 saturated carbocycles. The van der Waals surface area contributed by atoms with Crippen molar-refractivity contribution in [3.8, 4) is 5.75 Å². The Morgan fingerprint density at radius 1 is 1.15 bits per heavy atom. The van der Waals surface area contributed by atoms with Crippen molar-refractivity contribution in [3.63, 3.8) is 0 Å². The van der Waals surface area contributed by atoms with Crippen LogP contribution in [0.15, 0.2) is 63.8 Å². The molecule has 0 unspecified atom stereocenters. The summed E-state index contributed by atoms with van der Waals surface area (Å²) in [5, 5.41) is 0.879. The summed E-state index contributed by atoms with van der Waals surface area (Å²) in [6.45, 7) is 4.22. The zero-order chi connectivity index (χ0) is 19.4. The molecule has 2 aromatic carbocycles. The number of amides is 1. The van der Waals surface area contributed by atoms with E-state index in [0.717, 1.165) is 22.9 Å². The highest BCUT2D eigenvalue weighted by Crippen LogP contribution is 2.24. The molecule has 0 saturated heterocycles. The van der Waals surface area contributed by atoms with Gasteiger partial charge in [-0.05, 0) is 36.6 Å². The Morgan fingerprint density at radius 2 is 1.89 bits per heavy atom. The average molecular weight is 365 g/mol. The first kappa shape index (κ1) is 18.7. The van der Waals surface area contributed by atoms with Gasteiger partial charge in [-0.15, -0.1) is 0 Å². The molecular formula is C22H23NO4. The molecule has 0 aliphatic heterocycles. The van der Waals surface area contributed by atoms with Gasteiger partial charge in [0.1, 0.15) is 11.3 Å². The first-order valence-corrected chi connectivity index (χ1v) is 9.00. The quantitative estimate of drug-likeness (QED) is 0.624. The number of benzene rings is 2. The monoisotopic (exact) mass is 365 g/mol. The van der Waals surface area contributed by atoms with Crippen LogP contribution in [0.2, 0.25) is 0 Å². The Bertz CT molecular complexity index is 994. The third kappa shape index (κ3) is 4.37. The van der Waals surface area contributed by atoms with Crippen LogP contribution >= 0.6 is 0 Å². The van der Waals surface area contributed by atoms with E-state index in [2.05, 4.69) is 0 Å². The SMILES string of the molecule is CCc1cc(=O)oc2cc(O[C@@H](C)C(=O)N(C)Cc3ccccc3)ccc12. The second kappa shape index (κ2) is 8.08. The summed E-state index contributed by atoms with van der Waals surface area (Å²) in [6.07, 6.45) is 0.0822. The second-order valence-electron chi connectivity index (χ2n) is 6.54. The maximum absolute atomic E-state index is 12.6. The third-order valence-corrected chi connectivity index (χ3v) is 4.48. The second-order valence-corrected chi connectivity index (χ2v) is 6.54. The lowest BCUT2D eigenvalue weighted by Crippen LogP contribution is -2.37. The van der Waals surface area contributed by atoms with Crippen molar-refractivity contribution in [2.75, 3.05) is 7.05 Å². The van der Waals surface area contributed by atoms with Gasteiger partial charge in [0.25, 0.3) is 5.91 Å². The van der Waals surface area contributed by atoms with Crippen molar-refractivity contribution in [1.82, 2.24) is 4.90 Å². The fourth-order valence-corrected chi connectivity index (χ4v) is 3.08. The van der Waals surface area contributed by atoms with Gasteiger partial charge < -0.3 is 14.1 Å². The smallest absolute Gasteiger partial charge is 0.336 e. The van der Waals surface area contributed by atoms with E-state index in [-0.39, 0.29) is 11.5 Å². The van der Waals surface area contributed by atoms with Crippen molar-refractivity contribution in [1.29, 1.82) is 0 Å². The molecule has 5 heteroatoms. The van der Waals surface area contributed by atoms with E-state index in [4.69, 9.17) is 9.15 Å². The van der Waals surface area contributed by atoms with Gasteiger partial charge in [-0.3, -0.25) is 4.79 Å². The molecular weight excluding hydrogens is 342 g/mol. The van der Waals surface area contributed by atoms with E-state index < -0.39 is 6.10 Å². The average Bonchev–Trinajstić information content (AvgIpc) is 2.67. The maximum atomic E-state index is 12.6. The number of hydrogen-bond acceptors (Lipinski definition) is 4. The largest absolute Gasteiger partial charge is 0.481 e. The molecule has 0 spiro atoms. The summed E-state index contributed by atoms with van der Waals surface area (Å²) in [4.78, 5) is 25.9. The zero-order valence-corrected chi connectivity index (χ0v) is 15.8. The van der Waals surface area contributed by atoms with E-state index in [1.165, 1.54) is 6.07 Å². The Labute approximate surface area is 158 Å². The van der Waals surface area contributed by atoms with Crippen LogP contribution < -0.4 is 10.4 Å². The van der Waals surface area contributed by atoms with Gasteiger partial charge in [0.2, 0.25) is 0 Å². The zero-order valence-electron chi connectivity index (χ0n) is 15.8. The highest BCUT2D eigenvalue weighted by Gasteiger charge is 2.20. The van der Waals surface area contributed by atoms with Crippen molar-refractivity contribution in [3.05, 3.63) is 76.1 Å². The molecule has 0 fully saturated rings. The molecule has 0 bridgehead atoms. The van der Waals surface area contributed by atoms with Crippen LogP contribution in [-0.4, -0.2) is 24.0 Å². The molecule has 0 aliphatic carbocycles. The minimum atomic E-state index is -0.655. The highest BCUT2D eigenvalue weighted by molar-refractivity contribution is 5.83. The van der Waals surface area contributed by atoms with Gasteiger partial charge in [0, 0.05) is 31.1 Å². The predicted molar refractivity (Wildman–Crippen MR) is 105 cm³/mol. The van der Waals surface area contributed by atoms with Crippen molar-refractivity contribution in [2.24, 2.45) is 0 Å². The lowest BCUT2D eigenvalue weighted by molar-refractivity contribution is -0.137. The van der Waals surface area contributed by atoms with E-state index in [9.17, 15) is 9.59 Å². The lowest BCUT2D eigenvalue weighted by Gasteiger charge is -2.22. The Balaban J connectivity index is 1.74. The number of carbonyl (C=O) groups is 1. The van der Waals surface area contributed by atoms with Crippen molar-refractivity contribution >= 4 is 16.9 Å². The number of nitrogens with zero attached hydrogens (tertiary/aromatic N) is 1. The van der Waals surface area contributed by atoms with Gasteiger partial charge in [0.05, 0.1) is 0 Å². The van der Waals surface area contributed by atoms with E-state index in [1.54, 1.807) is 31.0 Å². The summed E-state index contributed by atoms with van der Waals surface area (Å²) in [5.41, 5.74) is 2.07. The number of rotatable bonds is 6. The topological polar surface area (TPSA) is 59.8 Å². The minimum absolute atomic E-state index is 0.122. The summed E-state index contributed by atoms with van der Waals surface area (Å²) in [6, 6.07) is 16.6. The number of carbonyl (C=O) groups excluding carboxylic acids is 1. The molecule has 1 heterocycles. The maximum Gasteiger partial charge on any atom is 0.336 e. The molecule has 0 aliphatic rings. The number of aryl methyl sites for hydroxylation is 1. The molecule has 140 valence electrons. The molecule has 1 aromatic heterocycles. The lowest BCUT2D eigenvalue weighted by atomic mass is 10.1. The number of fused-ring (bicyclic) bond motifs is 1. The number of likely N-dealkylation sites (N-methyl/N-ethyl adjacent to an activating group) is 1. The standard InChI is InChI=1S/C22H23NO4/c1-4-17-12-21(24)27-20-13-18(10-11-19(17)20)26-15(2)22(25)23(3)14-16-8-6-5-7-9-16/h5-13,15H,4,14H2,1-3H3/t15-/m0/s1. The minimum Gasteiger partial charge on any atom is -0.481 e. The van der Waals surface area contributed by atoms with Crippen molar-refractivity contribution < 1.29 is 13.9 Å². The van der Waals surface area contributed by atoms with Gasteiger partial charge >= 0.3 is 5.63 Å². The summed E-state index contributed by atoms with van der Waals surface area (Å²) in [5.74, 6) is 0.371. The molecule has 27 heavy (non-hydrogen) atoms. The Kier molecular flexibility index (Phi) is 5.60. The van der Waals surface area contributed by atoms with Gasteiger partial charge in [-0.1, -0.05) is 37.3 Å². The molecule has 0 radical (unpaired) electrons. The van der Waals surface area contributed by atoms with Gasteiger partial charge in [-0.25, -0.2) is 4.79 Å². The van der Waals surface area contributed by atoms with E-state index in [0.29, 0.717) is 17.9 Å². The Morgan fingerprint density at radius 3 is 2.59 bits per heavy atom. The molecule has 0 N–H and O–H groups in total. The van der Waals surface area contributed by atoms with Gasteiger partial charge in [-0.2, -0.15) is 0 Å². The summed E-state index contributed by atoms with van der Waals surface area (Å²) >= 11 is 0. The molecule has 3 aromatic rings. The summed E-state index contributed by atoms with van der Waals surface area (Å²) < 4.78 is 11.1. The fraction of sp³-hybridized carbons (Fsp3) is 0.273. The fourth-order valence-electron chi connectivity index (χ4n) is 3.08. The molecule has 1 atom stereocenters. The normalized spacial score (nSPS) is 12.0. The first-order valence-electron chi connectivity index (χ1n) is 9.00. The van der Waals surface area contributed by atoms with Crippen LogP contribution in [-0.2, 0) is 17.8 Å². The molecule has 3 rings (SSSR count). The van der Waals surface area contributed by atoms with Crippen LogP contribution in [0.4, 0.5) is 0 Å². The predicted octanol–water partition coefficient (Wildman–Crippen LogP) is 3.78. The van der Waals surface area contributed by atoms with E-state index >= 15 is 0 Å². The molecule has 1 amide bonds. The first-order chi connectivity index (χ1) is 13.0. The number of hydrogen-bond donors (Lipinski definition) is 0. The summed E-state index contributed by atoms with van der Waals surface area (Å²) in [7, 11) is 1.75. The van der Waals surface area contributed by atoms with Crippen LogP contribution in [0.25, 0.3) is 11.0 Å². The van der Waals surface area contributed by atoms with Crippen LogP contribution in [0.1, 0.15) is 25.0 Å². The van der Waals surface area contributed by atoms with Gasteiger partial charge in [0.15, 0.2) is 6.10 Å².